The summed E-state index contributed by atoms with van der Waals surface area (Å²) in [6.07, 6.45) is 0. The van der Waals surface area contributed by atoms with Crippen molar-refractivity contribution in [1.82, 2.24) is 0 Å². The van der Waals surface area contributed by atoms with Crippen LogP contribution in [0.2, 0.25) is 0 Å². The van der Waals surface area contributed by atoms with E-state index in [0.29, 0.717) is 0 Å². The number of hydrogen-bond acceptors (Lipinski definition) is 4. The summed E-state index contributed by atoms with van der Waals surface area (Å²) in [6.45, 7) is 21.7. The van der Waals surface area contributed by atoms with Crippen molar-refractivity contribution in [2.24, 2.45) is 0 Å². The van der Waals surface area contributed by atoms with E-state index < -0.39 is 0 Å². The van der Waals surface area contributed by atoms with E-state index in [1.165, 1.54) is 209 Å². The average molecular weight is 1820 g/mol. The molecule has 0 N–H and O–H groups in total. The van der Waals surface area contributed by atoms with Gasteiger partial charge in [0.05, 0.1) is 22.7 Å². The van der Waals surface area contributed by atoms with E-state index in [4.69, 9.17) is 0 Å². The predicted octanol–water partition coefficient (Wildman–Crippen LogP) is 39.5. The van der Waals surface area contributed by atoms with Gasteiger partial charge in [-0.3, -0.25) is 0 Å². The molecule has 680 valence electrons. The fraction of sp³-hybridized carbons (Fsp3) is 0.0725. The average Bonchev–Trinajstić information content (AvgIpc) is 0.720. The Kier molecular flexibility index (Phi) is 23.4. The van der Waals surface area contributed by atoms with Gasteiger partial charge in [0.25, 0.3) is 0 Å². The van der Waals surface area contributed by atoms with Crippen molar-refractivity contribution in [2.45, 2.75) is 69.2 Å². The Morgan fingerprint density at radius 3 is 0.472 bits per heavy atom. The van der Waals surface area contributed by atoms with Crippen LogP contribution in [0.3, 0.4) is 0 Å². The zero-order valence-electron chi connectivity index (χ0n) is 81.8. The van der Waals surface area contributed by atoms with Crippen molar-refractivity contribution in [2.75, 3.05) is 19.6 Å². The highest BCUT2D eigenvalue weighted by Crippen LogP contribution is 2.54. The maximum absolute atomic E-state index is 2.48. The van der Waals surface area contributed by atoms with Crippen molar-refractivity contribution < 1.29 is 0 Å². The van der Waals surface area contributed by atoms with Gasteiger partial charge in [0.1, 0.15) is 0 Å². The van der Waals surface area contributed by atoms with Crippen LogP contribution in [-0.2, 0) is 0 Å². The molecule has 0 fully saturated rings. The van der Waals surface area contributed by atoms with Gasteiger partial charge >= 0.3 is 0 Å². The molecule has 4 nitrogen and oxygen atoms in total. The summed E-state index contributed by atoms with van der Waals surface area (Å²) in [5.74, 6) is 0. The summed E-state index contributed by atoms with van der Waals surface area (Å²) in [5.41, 5.74) is 44.8. The molecular weight excluding hydrogens is 1710 g/mol. The minimum Gasteiger partial charge on any atom is -0.310 e. The molecule has 0 unspecified atom stereocenters. The van der Waals surface area contributed by atoms with E-state index in [-0.39, 0.29) is 0 Å². The molecule has 24 rings (SSSR count). The molecule has 0 aliphatic heterocycles. The van der Waals surface area contributed by atoms with E-state index in [2.05, 4.69) is 562 Å². The van der Waals surface area contributed by atoms with Gasteiger partial charge in [-0.25, -0.2) is 0 Å². The fourth-order valence-corrected chi connectivity index (χ4v) is 21.5. The van der Waals surface area contributed by atoms with Crippen LogP contribution in [0.25, 0.3) is 154 Å². The van der Waals surface area contributed by atoms with Crippen LogP contribution in [0.15, 0.2) is 473 Å². The predicted molar refractivity (Wildman–Crippen MR) is 610 cm³/mol. The zero-order valence-corrected chi connectivity index (χ0v) is 81.8. The zero-order chi connectivity index (χ0) is 96.3. The lowest BCUT2D eigenvalue weighted by Gasteiger charge is -2.30. The summed E-state index contributed by atoms with van der Waals surface area (Å²) in [5, 5.41) is 14.7. The second-order valence-corrected chi connectivity index (χ2v) is 38.9. The van der Waals surface area contributed by atoms with Gasteiger partial charge in [-0.05, 0) is 347 Å². The molecular formula is C138H108N4. The number of rotatable bonds is 20. The number of anilines is 12. The Labute approximate surface area is 833 Å². The third kappa shape index (κ3) is 17.4. The van der Waals surface area contributed by atoms with Crippen molar-refractivity contribution in [3.8, 4) is 89.0 Å². The third-order valence-corrected chi connectivity index (χ3v) is 28.3. The quantitative estimate of drug-likeness (QED) is 0.0705. The normalized spacial score (nSPS) is 11.5. The highest BCUT2D eigenvalue weighted by molar-refractivity contribution is 6.30. The highest BCUT2D eigenvalue weighted by atomic mass is 15.2. The number of aryl methyl sites for hydroxylation is 10. The number of para-hydroxylation sites is 2. The Morgan fingerprint density at radius 2 is 0.289 bits per heavy atom. The van der Waals surface area contributed by atoms with Gasteiger partial charge in [-0.2, -0.15) is 0 Å². The fourth-order valence-electron chi connectivity index (χ4n) is 21.5. The largest absolute Gasteiger partial charge is 0.310 e. The van der Waals surface area contributed by atoms with Crippen molar-refractivity contribution in [3.63, 3.8) is 0 Å². The molecule has 0 aromatic heterocycles. The van der Waals surface area contributed by atoms with Crippen LogP contribution >= 0.6 is 0 Å². The SMILES string of the molecule is Cc1ccc(N(c2cc(-c3cccc(C)c3)cc(-c3cccc(C)c3)c2)c2ccc3ccc4c(N(c5ccc(C)cc5)c5cc(-c6cccc(C)c6)cc(-c6cccc(C)c6)c5)ccc5ccc2c3c54)cc1.Cc1cccc(-c2cc(-c3cccc(C)c3)cc(N(c3ccccc3)c3ccc4ccc5c(N(c6ccccc6)c6cc(-c7cccc(C)c7)cc(-c7cccc(C)c7)c6)ccc6ccc3c4c65)c2)c1. The molecule has 0 amide bonds. The smallest absolute Gasteiger partial charge is 0.0540 e. The summed E-state index contributed by atoms with van der Waals surface area (Å²) in [6, 6.07) is 176. The summed E-state index contributed by atoms with van der Waals surface area (Å²) in [7, 11) is 0. The molecule has 142 heavy (non-hydrogen) atoms. The third-order valence-electron chi connectivity index (χ3n) is 28.3. The molecule has 4 heteroatoms. The van der Waals surface area contributed by atoms with Gasteiger partial charge in [-0.1, -0.05) is 383 Å². The van der Waals surface area contributed by atoms with Crippen LogP contribution in [-0.4, -0.2) is 0 Å². The maximum atomic E-state index is 2.48. The second kappa shape index (κ2) is 37.5. The lowest BCUT2D eigenvalue weighted by molar-refractivity contribution is 1.29. The van der Waals surface area contributed by atoms with Crippen LogP contribution in [0.1, 0.15) is 55.6 Å². The molecule has 0 bridgehead atoms. The van der Waals surface area contributed by atoms with Crippen LogP contribution in [0.5, 0.6) is 0 Å². The van der Waals surface area contributed by atoms with E-state index in [1.807, 2.05) is 0 Å². The van der Waals surface area contributed by atoms with Gasteiger partial charge in [0.2, 0.25) is 0 Å². The summed E-state index contributed by atoms with van der Waals surface area (Å²) >= 11 is 0. The van der Waals surface area contributed by atoms with Crippen molar-refractivity contribution >= 4 is 133 Å². The van der Waals surface area contributed by atoms with E-state index in [1.54, 1.807) is 0 Å². The maximum Gasteiger partial charge on any atom is 0.0540 e. The molecule has 0 saturated heterocycles. The second-order valence-electron chi connectivity index (χ2n) is 38.9. The number of nitrogens with zero attached hydrogens (tertiary/aromatic N) is 4. The molecule has 0 radical (unpaired) electrons. The first-order chi connectivity index (χ1) is 69.4. The molecule has 0 spiro atoms. The molecule has 0 saturated carbocycles. The van der Waals surface area contributed by atoms with Gasteiger partial charge in [-0.15, -0.1) is 0 Å². The molecule has 0 aliphatic rings. The van der Waals surface area contributed by atoms with E-state index in [0.717, 1.165) is 68.2 Å². The van der Waals surface area contributed by atoms with Crippen LogP contribution in [0, 0.1) is 69.2 Å². The Hall–Kier alpha value is -17.4. The Balaban J connectivity index is 0.000000158. The van der Waals surface area contributed by atoms with E-state index >= 15 is 0 Å². The van der Waals surface area contributed by atoms with Crippen molar-refractivity contribution in [1.29, 1.82) is 0 Å². The summed E-state index contributed by atoms with van der Waals surface area (Å²) < 4.78 is 0. The Bertz CT molecular complexity index is 8140. The lowest BCUT2D eigenvalue weighted by Crippen LogP contribution is -2.12. The standard InChI is InChI=1S/C70H56N2.C68H52N2/c1-45-19-27-61(28-20-45)71(63-41-57(53-15-7-11-47(3)35-53)39-58(42-63)54-16-8-12-48(4)36-54)67-33-25-51-24-32-66-68(34-26-52-23-31-65(67)69(51)70(52)66)72(62-29-21-46(2)22-30-62)64-43-59(55-17-9-13-49(5)37-55)40-60(44-64)56-18-10-14-50(6)38-56;1-45-15-11-19-51(35-45)55-39-56(52-20-12-16-46(2)36-52)42-61(41-55)69(59-23-7-5-8-24-59)65-33-29-49-28-32-64-66(34-30-50-27-31-63(65)67(49)68(50)64)70(60-25-9-6-10-26-60)62-43-57(53-21-13-17-47(3)37-53)40-58(44-62)54-22-14-18-48(4)38-54/h7-44H,1-6H3;5-44H,1-4H3. The van der Waals surface area contributed by atoms with Crippen LogP contribution in [0.4, 0.5) is 68.2 Å². The van der Waals surface area contributed by atoms with E-state index in [9.17, 15) is 0 Å². The molecule has 0 heterocycles. The lowest BCUT2D eigenvalue weighted by atomic mass is 9.91. The molecule has 24 aromatic rings. The van der Waals surface area contributed by atoms with Crippen molar-refractivity contribution in [3.05, 3.63) is 529 Å². The van der Waals surface area contributed by atoms with Gasteiger partial charge < -0.3 is 19.6 Å². The van der Waals surface area contributed by atoms with Gasteiger partial charge in [0, 0.05) is 67.0 Å². The van der Waals surface area contributed by atoms with Gasteiger partial charge in [0.15, 0.2) is 0 Å². The minimum atomic E-state index is 1.10. The molecule has 0 aliphatic carbocycles. The minimum absolute atomic E-state index is 1.10. The topological polar surface area (TPSA) is 13.0 Å². The highest BCUT2D eigenvalue weighted by Gasteiger charge is 2.29. The first-order valence-corrected chi connectivity index (χ1v) is 49.4. The monoisotopic (exact) mass is 1820 g/mol. The summed E-state index contributed by atoms with van der Waals surface area (Å²) in [4.78, 5) is 9.89. The Morgan fingerprint density at radius 1 is 0.113 bits per heavy atom. The first kappa shape index (κ1) is 88.5. The first-order valence-electron chi connectivity index (χ1n) is 49.4. The molecule has 0 atom stereocenters. The number of hydrogen-bond donors (Lipinski definition) is 0. The van der Waals surface area contributed by atoms with Crippen LogP contribution < -0.4 is 19.6 Å². The molecule has 24 aromatic carbocycles. The number of benzene rings is 24.